The molecular formula is C12H16N4S. The number of hydrogen-bond donors (Lipinski definition) is 1. The molecule has 0 spiro atoms. The number of nitrogens with one attached hydrogen (secondary N) is 1. The van der Waals surface area contributed by atoms with Crippen molar-refractivity contribution in [3.8, 4) is 0 Å². The summed E-state index contributed by atoms with van der Waals surface area (Å²) in [7, 11) is 0. The van der Waals surface area contributed by atoms with Gasteiger partial charge in [0.1, 0.15) is 5.82 Å². The van der Waals surface area contributed by atoms with Crippen LogP contribution in [0.5, 0.6) is 0 Å². The van der Waals surface area contributed by atoms with Crippen LogP contribution in [0.1, 0.15) is 44.1 Å². The van der Waals surface area contributed by atoms with Crippen molar-refractivity contribution in [1.29, 1.82) is 0 Å². The summed E-state index contributed by atoms with van der Waals surface area (Å²) in [6.07, 6.45) is 3.60. The summed E-state index contributed by atoms with van der Waals surface area (Å²) >= 11 is 1.41. The van der Waals surface area contributed by atoms with E-state index in [0.717, 1.165) is 11.0 Å². The Balaban J connectivity index is 2.05. The Bertz CT molecular complexity index is 466. The maximum atomic E-state index is 4.46. The van der Waals surface area contributed by atoms with E-state index in [1.807, 2.05) is 12.1 Å². The third-order valence-corrected chi connectivity index (χ3v) is 3.16. The number of pyridine rings is 1. The van der Waals surface area contributed by atoms with E-state index in [1.54, 1.807) is 12.4 Å². The standard InChI is InChI=1S/C12H16N4S/c1-8(2)11-15-12(17-16-11)14-9(3)10-4-6-13-7-5-10/h4-9H,1-3H3,(H,14,15,16). The Morgan fingerprint density at radius 1 is 1.18 bits per heavy atom. The fourth-order valence-electron chi connectivity index (χ4n) is 1.45. The molecule has 17 heavy (non-hydrogen) atoms. The second-order valence-corrected chi connectivity index (χ2v) is 5.01. The number of hydrogen-bond acceptors (Lipinski definition) is 5. The molecule has 1 N–H and O–H groups in total. The lowest BCUT2D eigenvalue weighted by molar-refractivity contribution is 0.795. The quantitative estimate of drug-likeness (QED) is 0.902. The van der Waals surface area contributed by atoms with Crippen molar-refractivity contribution in [2.45, 2.75) is 32.7 Å². The topological polar surface area (TPSA) is 50.7 Å². The second-order valence-electron chi connectivity index (χ2n) is 4.26. The SMILES string of the molecule is CC(C)c1nsc(NC(C)c2ccncc2)n1. The normalized spacial score (nSPS) is 12.7. The zero-order chi connectivity index (χ0) is 12.3. The first kappa shape index (κ1) is 12.0. The molecule has 0 aromatic carbocycles. The lowest BCUT2D eigenvalue weighted by Gasteiger charge is -2.12. The molecule has 0 aliphatic rings. The van der Waals surface area contributed by atoms with Crippen LogP contribution in [-0.4, -0.2) is 14.3 Å². The minimum Gasteiger partial charge on any atom is -0.354 e. The molecule has 5 heteroatoms. The summed E-state index contributed by atoms with van der Waals surface area (Å²) < 4.78 is 4.32. The van der Waals surface area contributed by atoms with Crippen LogP contribution >= 0.6 is 11.5 Å². The molecule has 90 valence electrons. The van der Waals surface area contributed by atoms with Crippen LogP contribution in [-0.2, 0) is 0 Å². The fourth-order valence-corrected chi connectivity index (χ4v) is 2.24. The van der Waals surface area contributed by atoms with Crippen LogP contribution in [0, 0.1) is 0 Å². The van der Waals surface area contributed by atoms with Crippen molar-refractivity contribution in [3.05, 3.63) is 35.9 Å². The molecule has 2 aromatic rings. The summed E-state index contributed by atoms with van der Waals surface area (Å²) in [6, 6.07) is 4.22. The Morgan fingerprint density at radius 2 is 1.88 bits per heavy atom. The second kappa shape index (κ2) is 5.23. The zero-order valence-corrected chi connectivity index (χ0v) is 11.0. The molecule has 0 aliphatic carbocycles. The molecule has 0 saturated carbocycles. The third kappa shape index (κ3) is 3.00. The Kier molecular flexibility index (Phi) is 3.68. The van der Waals surface area contributed by atoms with Crippen LogP contribution in [0.15, 0.2) is 24.5 Å². The maximum Gasteiger partial charge on any atom is 0.203 e. The van der Waals surface area contributed by atoms with Gasteiger partial charge in [0.2, 0.25) is 5.13 Å². The van der Waals surface area contributed by atoms with E-state index in [1.165, 1.54) is 17.1 Å². The van der Waals surface area contributed by atoms with E-state index >= 15 is 0 Å². The molecule has 0 bridgehead atoms. The van der Waals surface area contributed by atoms with Gasteiger partial charge in [0.25, 0.3) is 0 Å². The molecule has 0 amide bonds. The van der Waals surface area contributed by atoms with Gasteiger partial charge in [-0.1, -0.05) is 13.8 Å². The largest absolute Gasteiger partial charge is 0.354 e. The van der Waals surface area contributed by atoms with Gasteiger partial charge in [0, 0.05) is 29.8 Å². The van der Waals surface area contributed by atoms with Gasteiger partial charge in [-0.2, -0.15) is 4.37 Å². The summed E-state index contributed by atoms with van der Waals surface area (Å²) in [5.41, 5.74) is 1.20. The smallest absolute Gasteiger partial charge is 0.203 e. The number of rotatable bonds is 4. The first-order chi connectivity index (χ1) is 8.16. The minimum atomic E-state index is 0.214. The highest BCUT2D eigenvalue weighted by Crippen LogP contribution is 2.22. The highest BCUT2D eigenvalue weighted by atomic mass is 32.1. The van der Waals surface area contributed by atoms with Crippen molar-refractivity contribution in [2.24, 2.45) is 0 Å². The van der Waals surface area contributed by atoms with Gasteiger partial charge in [-0.05, 0) is 24.6 Å². The molecule has 4 nitrogen and oxygen atoms in total. The molecule has 0 radical (unpaired) electrons. The van der Waals surface area contributed by atoms with Crippen LogP contribution in [0.2, 0.25) is 0 Å². The van der Waals surface area contributed by atoms with Crippen molar-refractivity contribution < 1.29 is 0 Å². The van der Waals surface area contributed by atoms with Gasteiger partial charge in [0.05, 0.1) is 6.04 Å². The van der Waals surface area contributed by atoms with Crippen molar-refractivity contribution in [1.82, 2.24) is 14.3 Å². The van der Waals surface area contributed by atoms with Gasteiger partial charge in [-0.3, -0.25) is 4.98 Å². The lowest BCUT2D eigenvalue weighted by atomic mass is 10.1. The number of aromatic nitrogens is 3. The van der Waals surface area contributed by atoms with Crippen LogP contribution in [0.3, 0.4) is 0 Å². The van der Waals surface area contributed by atoms with E-state index < -0.39 is 0 Å². The first-order valence-electron chi connectivity index (χ1n) is 5.67. The van der Waals surface area contributed by atoms with Crippen molar-refractivity contribution in [2.75, 3.05) is 5.32 Å². The van der Waals surface area contributed by atoms with Gasteiger partial charge < -0.3 is 5.32 Å². The van der Waals surface area contributed by atoms with E-state index in [9.17, 15) is 0 Å². The van der Waals surface area contributed by atoms with E-state index in [-0.39, 0.29) is 6.04 Å². The summed E-state index contributed by atoms with van der Waals surface area (Å²) in [4.78, 5) is 8.46. The van der Waals surface area contributed by atoms with E-state index in [2.05, 4.69) is 40.4 Å². The average molecular weight is 248 g/mol. The minimum absolute atomic E-state index is 0.214. The molecule has 1 atom stereocenters. The van der Waals surface area contributed by atoms with Crippen molar-refractivity contribution >= 4 is 16.7 Å². The molecule has 0 fully saturated rings. The summed E-state index contributed by atoms with van der Waals surface area (Å²) in [5, 5.41) is 4.22. The molecule has 2 aromatic heterocycles. The summed E-state index contributed by atoms with van der Waals surface area (Å²) in [5.74, 6) is 1.28. The Hall–Kier alpha value is -1.49. The fraction of sp³-hybridized carbons (Fsp3) is 0.417. The Morgan fingerprint density at radius 3 is 2.47 bits per heavy atom. The molecular weight excluding hydrogens is 232 g/mol. The molecule has 2 rings (SSSR count). The number of nitrogens with zero attached hydrogens (tertiary/aromatic N) is 3. The molecule has 2 heterocycles. The van der Waals surface area contributed by atoms with Gasteiger partial charge in [-0.15, -0.1) is 0 Å². The van der Waals surface area contributed by atoms with Crippen LogP contribution < -0.4 is 5.32 Å². The number of anilines is 1. The Labute approximate surface area is 105 Å². The maximum absolute atomic E-state index is 4.46. The molecule has 0 aliphatic heterocycles. The van der Waals surface area contributed by atoms with Crippen LogP contribution in [0.4, 0.5) is 5.13 Å². The molecule has 1 unspecified atom stereocenters. The predicted molar refractivity (Wildman–Crippen MR) is 70.3 cm³/mol. The first-order valence-corrected chi connectivity index (χ1v) is 6.44. The third-order valence-electron chi connectivity index (χ3n) is 2.50. The van der Waals surface area contributed by atoms with Crippen LogP contribution in [0.25, 0.3) is 0 Å². The lowest BCUT2D eigenvalue weighted by Crippen LogP contribution is -2.06. The average Bonchev–Trinajstić information content (AvgIpc) is 2.79. The monoisotopic (exact) mass is 248 g/mol. The molecule has 0 saturated heterocycles. The van der Waals surface area contributed by atoms with Crippen molar-refractivity contribution in [3.63, 3.8) is 0 Å². The highest BCUT2D eigenvalue weighted by Gasteiger charge is 2.10. The highest BCUT2D eigenvalue weighted by molar-refractivity contribution is 7.09. The van der Waals surface area contributed by atoms with E-state index in [4.69, 9.17) is 0 Å². The zero-order valence-electron chi connectivity index (χ0n) is 10.2. The van der Waals surface area contributed by atoms with Gasteiger partial charge in [-0.25, -0.2) is 4.98 Å². The van der Waals surface area contributed by atoms with Gasteiger partial charge in [0.15, 0.2) is 0 Å². The van der Waals surface area contributed by atoms with E-state index in [0.29, 0.717) is 5.92 Å². The summed E-state index contributed by atoms with van der Waals surface area (Å²) in [6.45, 7) is 6.29. The van der Waals surface area contributed by atoms with Gasteiger partial charge >= 0.3 is 0 Å². The predicted octanol–water partition coefficient (Wildman–Crippen LogP) is 3.23.